The van der Waals surface area contributed by atoms with Gasteiger partial charge in [0.15, 0.2) is 0 Å². The van der Waals surface area contributed by atoms with Crippen molar-refractivity contribution in [2.75, 3.05) is 37.7 Å². The lowest BCUT2D eigenvalue weighted by Gasteiger charge is -2.29. The summed E-state index contributed by atoms with van der Waals surface area (Å²) in [5.74, 6) is 0. The molecule has 1 heterocycles. The van der Waals surface area contributed by atoms with Gasteiger partial charge in [0, 0.05) is 25.3 Å². The summed E-state index contributed by atoms with van der Waals surface area (Å²) in [4.78, 5) is 2.24. The van der Waals surface area contributed by atoms with Crippen molar-refractivity contribution in [1.82, 2.24) is 0 Å². The summed E-state index contributed by atoms with van der Waals surface area (Å²) in [6, 6.07) is 7.54. The van der Waals surface area contributed by atoms with Crippen LogP contribution in [-0.2, 0) is 10.4 Å². The van der Waals surface area contributed by atoms with Crippen molar-refractivity contribution in [3.63, 3.8) is 0 Å². The van der Waals surface area contributed by atoms with Gasteiger partial charge in [-0.2, -0.15) is 0 Å². The van der Waals surface area contributed by atoms with Gasteiger partial charge in [-0.05, 0) is 24.6 Å². The number of ether oxygens (including phenoxy) is 1. The van der Waals surface area contributed by atoms with Crippen LogP contribution in [0, 0.1) is 0 Å². The zero-order chi connectivity index (χ0) is 12.3. The molecule has 0 saturated carbocycles. The summed E-state index contributed by atoms with van der Waals surface area (Å²) in [7, 11) is 0. The van der Waals surface area contributed by atoms with Crippen LogP contribution in [0.15, 0.2) is 24.3 Å². The molecule has 1 aliphatic heterocycles. The largest absolute Gasteiger partial charge is 0.378 e. The highest BCUT2D eigenvalue weighted by atomic mass is 19.1. The summed E-state index contributed by atoms with van der Waals surface area (Å²) in [6.07, 6.45) is 0. The highest BCUT2D eigenvalue weighted by Gasteiger charge is 2.23. The molecular weight excluding hydrogens is 219 g/mol. The Labute approximate surface area is 101 Å². The quantitative estimate of drug-likeness (QED) is 0.870. The summed E-state index contributed by atoms with van der Waals surface area (Å²) in [6.45, 7) is 4.81. The SMILES string of the molecule is CC(F)(CN)c1ccc(N2CCOCC2)cc1. The Bertz CT molecular complexity index is 358. The third kappa shape index (κ3) is 2.76. The molecule has 1 fully saturated rings. The molecule has 3 nitrogen and oxygen atoms in total. The van der Waals surface area contributed by atoms with Crippen LogP contribution in [0.1, 0.15) is 12.5 Å². The molecule has 17 heavy (non-hydrogen) atoms. The molecule has 4 heteroatoms. The molecule has 1 unspecified atom stereocenters. The molecule has 1 aromatic rings. The number of anilines is 1. The van der Waals surface area contributed by atoms with Gasteiger partial charge in [-0.15, -0.1) is 0 Å². The van der Waals surface area contributed by atoms with Gasteiger partial charge in [-0.25, -0.2) is 4.39 Å². The van der Waals surface area contributed by atoms with Gasteiger partial charge in [0.25, 0.3) is 0 Å². The third-order valence-corrected chi connectivity index (χ3v) is 3.23. The van der Waals surface area contributed by atoms with Gasteiger partial charge in [0.1, 0.15) is 5.67 Å². The molecule has 1 atom stereocenters. The van der Waals surface area contributed by atoms with Gasteiger partial charge in [-0.1, -0.05) is 12.1 Å². The number of hydrogen-bond acceptors (Lipinski definition) is 3. The minimum atomic E-state index is -1.44. The average Bonchev–Trinajstić information content (AvgIpc) is 2.40. The van der Waals surface area contributed by atoms with Crippen molar-refractivity contribution < 1.29 is 9.13 Å². The van der Waals surface area contributed by atoms with E-state index in [0.29, 0.717) is 5.56 Å². The first-order valence-corrected chi connectivity index (χ1v) is 5.96. The van der Waals surface area contributed by atoms with Crippen molar-refractivity contribution in [2.24, 2.45) is 5.73 Å². The highest BCUT2D eigenvalue weighted by Crippen LogP contribution is 2.26. The molecule has 1 aromatic carbocycles. The van der Waals surface area contributed by atoms with E-state index in [1.807, 2.05) is 24.3 Å². The monoisotopic (exact) mass is 238 g/mol. The number of halogens is 1. The maximum Gasteiger partial charge on any atom is 0.145 e. The zero-order valence-corrected chi connectivity index (χ0v) is 10.2. The lowest BCUT2D eigenvalue weighted by atomic mass is 9.98. The summed E-state index contributed by atoms with van der Waals surface area (Å²) in [5.41, 5.74) is 5.73. The maximum atomic E-state index is 14.0. The van der Waals surface area contributed by atoms with E-state index >= 15 is 0 Å². The fraction of sp³-hybridized carbons (Fsp3) is 0.538. The molecule has 0 bridgehead atoms. The van der Waals surface area contributed by atoms with E-state index in [0.717, 1.165) is 32.0 Å². The van der Waals surface area contributed by atoms with E-state index in [4.69, 9.17) is 10.5 Å². The number of alkyl halides is 1. The molecule has 1 aliphatic rings. The minimum Gasteiger partial charge on any atom is -0.378 e. The van der Waals surface area contributed by atoms with Crippen molar-refractivity contribution in [3.05, 3.63) is 29.8 Å². The molecule has 0 spiro atoms. The average molecular weight is 238 g/mol. The normalized spacial score (nSPS) is 20.1. The van der Waals surface area contributed by atoms with Crippen LogP contribution in [0.3, 0.4) is 0 Å². The molecule has 1 saturated heterocycles. The first-order chi connectivity index (χ1) is 8.13. The van der Waals surface area contributed by atoms with E-state index in [9.17, 15) is 4.39 Å². The van der Waals surface area contributed by atoms with Crippen LogP contribution >= 0.6 is 0 Å². The Kier molecular flexibility index (Phi) is 3.64. The standard InChI is InChI=1S/C13H19FN2O/c1-13(14,10-15)11-2-4-12(5-3-11)16-6-8-17-9-7-16/h2-5H,6-10,15H2,1H3. The van der Waals surface area contributed by atoms with Crippen LogP contribution in [0.25, 0.3) is 0 Å². The Morgan fingerprint density at radius 2 is 1.88 bits per heavy atom. The molecule has 0 amide bonds. The minimum absolute atomic E-state index is 0.00387. The second-order valence-electron chi connectivity index (χ2n) is 4.55. The maximum absolute atomic E-state index is 14.0. The Hall–Kier alpha value is -1.13. The third-order valence-electron chi connectivity index (χ3n) is 3.23. The molecule has 0 aliphatic carbocycles. The van der Waals surface area contributed by atoms with Crippen LogP contribution in [0.5, 0.6) is 0 Å². The van der Waals surface area contributed by atoms with Crippen molar-refractivity contribution in [3.8, 4) is 0 Å². The molecule has 2 rings (SSSR count). The van der Waals surface area contributed by atoms with Crippen LogP contribution in [0.4, 0.5) is 10.1 Å². The number of rotatable bonds is 3. The summed E-state index contributed by atoms with van der Waals surface area (Å²) in [5, 5.41) is 0. The number of hydrogen-bond donors (Lipinski definition) is 1. The van der Waals surface area contributed by atoms with E-state index < -0.39 is 5.67 Å². The van der Waals surface area contributed by atoms with Gasteiger partial charge in [-0.3, -0.25) is 0 Å². The summed E-state index contributed by atoms with van der Waals surface area (Å²) < 4.78 is 19.3. The number of nitrogens with zero attached hydrogens (tertiary/aromatic N) is 1. The smallest absolute Gasteiger partial charge is 0.145 e. The fourth-order valence-electron chi connectivity index (χ4n) is 1.96. The highest BCUT2D eigenvalue weighted by molar-refractivity contribution is 5.48. The first-order valence-electron chi connectivity index (χ1n) is 5.96. The number of benzene rings is 1. The second-order valence-corrected chi connectivity index (χ2v) is 4.55. The van der Waals surface area contributed by atoms with Gasteiger partial charge in [0.05, 0.1) is 13.2 Å². The Morgan fingerprint density at radius 1 is 1.29 bits per heavy atom. The van der Waals surface area contributed by atoms with Gasteiger partial charge in [0.2, 0.25) is 0 Å². The van der Waals surface area contributed by atoms with Gasteiger partial charge < -0.3 is 15.4 Å². The van der Waals surface area contributed by atoms with Crippen molar-refractivity contribution in [1.29, 1.82) is 0 Å². The topological polar surface area (TPSA) is 38.5 Å². The van der Waals surface area contributed by atoms with Crippen molar-refractivity contribution in [2.45, 2.75) is 12.6 Å². The molecule has 94 valence electrons. The number of morpholine rings is 1. The predicted octanol–water partition coefficient (Wildman–Crippen LogP) is 1.67. The fourth-order valence-corrected chi connectivity index (χ4v) is 1.96. The second kappa shape index (κ2) is 5.02. The lowest BCUT2D eigenvalue weighted by Crippen LogP contribution is -2.36. The van der Waals surface area contributed by atoms with Crippen molar-refractivity contribution >= 4 is 5.69 Å². The zero-order valence-electron chi connectivity index (χ0n) is 10.2. The predicted molar refractivity (Wildman–Crippen MR) is 67.0 cm³/mol. The number of nitrogens with two attached hydrogens (primary N) is 1. The molecule has 0 radical (unpaired) electrons. The molecular formula is C13H19FN2O. The van der Waals surface area contributed by atoms with E-state index in [1.165, 1.54) is 6.92 Å². The van der Waals surface area contributed by atoms with E-state index in [-0.39, 0.29) is 6.54 Å². The Morgan fingerprint density at radius 3 is 2.41 bits per heavy atom. The van der Waals surface area contributed by atoms with Gasteiger partial charge >= 0.3 is 0 Å². The molecule has 2 N–H and O–H groups in total. The lowest BCUT2D eigenvalue weighted by molar-refractivity contribution is 0.122. The first kappa shape index (κ1) is 12.3. The van der Waals surface area contributed by atoms with E-state index in [1.54, 1.807) is 0 Å². The summed E-state index contributed by atoms with van der Waals surface area (Å²) >= 11 is 0. The molecule has 0 aromatic heterocycles. The van der Waals surface area contributed by atoms with Crippen LogP contribution in [-0.4, -0.2) is 32.8 Å². The van der Waals surface area contributed by atoms with Crippen LogP contribution in [0.2, 0.25) is 0 Å². The van der Waals surface area contributed by atoms with E-state index in [2.05, 4.69) is 4.90 Å². The Balaban J connectivity index is 2.12. The van der Waals surface area contributed by atoms with Crippen LogP contribution < -0.4 is 10.6 Å².